The van der Waals surface area contributed by atoms with Gasteiger partial charge in [0.1, 0.15) is 11.6 Å². The van der Waals surface area contributed by atoms with Crippen LogP contribution in [0.1, 0.15) is 60.8 Å². The fourth-order valence-electron chi connectivity index (χ4n) is 2.53. The van der Waals surface area contributed by atoms with E-state index in [1.807, 2.05) is 13.8 Å². The van der Waals surface area contributed by atoms with Gasteiger partial charge in [0.25, 0.3) is 0 Å². The second kappa shape index (κ2) is 9.21. The Bertz CT molecular complexity index is 292. The van der Waals surface area contributed by atoms with Crippen LogP contribution in [0.4, 0.5) is 0 Å². The molecule has 0 aliphatic carbocycles. The van der Waals surface area contributed by atoms with E-state index >= 15 is 0 Å². The van der Waals surface area contributed by atoms with Gasteiger partial charge in [0, 0.05) is 37.0 Å². The molecule has 0 spiro atoms. The largest absolute Gasteiger partial charge is 0.310 e. The van der Waals surface area contributed by atoms with Gasteiger partial charge in [-0.15, -0.1) is 0 Å². The number of carbonyl (C=O) groups excluding carboxylic acids is 2. The molecule has 4 heteroatoms. The minimum Gasteiger partial charge on any atom is -0.310 e. The molecule has 0 saturated heterocycles. The zero-order chi connectivity index (χ0) is 15.0. The maximum absolute atomic E-state index is 11.1. The van der Waals surface area contributed by atoms with E-state index in [-0.39, 0.29) is 29.7 Å². The molecule has 0 aromatic heterocycles. The van der Waals surface area contributed by atoms with Crippen molar-refractivity contribution in [3.8, 4) is 0 Å². The summed E-state index contributed by atoms with van der Waals surface area (Å²) in [7, 11) is 0. The van der Waals surface area contributed by atoms with Gasteiger partial charge in [-0.1, -0.05) is 6.92 Å². The van der Waals surface area contributed by atoms with Crippen LogP contribution < -0.4 is 10.6 Å². The Morgan fingerprint density at radius 3 is 1.68 bits per heavy atom. The molecule has 0 saturated carbocycles. The van der Waals surface area contributed by atoms with Gasteiger partial charge >= 0.3 is 0 Å². The van der Waals surface area contributed by atoms with Crippen molar-refractivity contribution in [2.75, 3.05) is 0 Å². The standard InChI is InChI=1S/C15H30N2O2/c1-7-15(17-11(3)9-13(5)19)14(6)16-10(2)8-12(4)18/h10-11,14-17H,7-9H2,1-6H3. The van der Waals surface area contributed by atoms with Crippen molar-refractivity contribution in [1.29, 1.82) is 0 Å². The molecule has 4 atom stereocenters. The molecule has 0 aliphatic rings. The molecule has 112 valence electrons. The number of hydrogen-bond acceptors (Lipinski definition) is 4. The Balaban J connectivity index is 4.26. The van der Waals surface area contributed by atoms with Crippen LogP contribution in [0.2, 0.25) is 0 Å². The summed E-state index contributed by atoms with van der Waals surface area (Å²) >= 11 is 0. The quantitative estimate of drug-likeness (QED) is 0.638. The third-order valence-electron chi connectivity index (χ3n) is 3.28. The molecule has 4 unspecified atom stereocenters. The monoisotopic (exact) mass is 270 g/mol. The first-order chi connectivity index (χ1) is 8.76. The Kier molecular flexibility index (Phi) is 8.85. The second-order valence-corrected chi connectivity index (χ2v) is 5.75. The van der Waals surface area contributed by atoms with Gasteiger partial charge in [-0.25, -0.2) is 0 Å². The highest BCUT2D eigenvalue weighted by Gasteiger charge is 2.19. The zero-order valence-electron chi connectivity index (χ0n) is 13.2. The van der Waals surface area contributed by atoms with Crippen molar-refractivity contribution in [2.24, 2.45) is 0 Å². The first kappa shape index (κ1) is 18.3. The first-order valence-electron chi connectivity index (χ1n) is 7.27. The molecule has 2 N–H and O–H groups in total. The van der Waals surface area contributed by atoms with Crippen LogP contribution in [0.5, 0.6) is 0 Å². The van der Waals surface area contributed by atoms with E-state index in [2.05, 4.69) is 24.5 Å². The van der Waals surface area contributed by atoms with Gasteiger partial charge in [0.05, 0.1) is 0 Å². The summed E-state index contributed by atoms with van der Waals surface area (Å²) in [6, 6.07) is 0.957. The lowest BCUT2D eigenvalue weighted by molar-refractivity contribution is -0.118. The smallest absolute Gasteiger partial charge is 0.131 e. The number of rotatable bonds is 10. The molecule has 19 heavy (non-hydrogen) atoms. The van der Waals surface area contributed by atoms with E-state index in [4.69, 9.17) is 0 Å². The van der Waals surface area contributed by atoms with Gasteiger partial charge in [-0.2, -0.15) is 0 Å². The minimum absolute atomic E-state index is 0.187. The van der Waals surface area contributed by atoms with Crippen molar-refractivity contribution in [3.63, 3.8) is 0 Å². The molecule has 0 amide bonds. The van der Waals surface area contributed by atoms with Crippen LogP contribution in [0.3, 0.4) is 0 Å². The van der Waals surface area contributed by atoms with E-state index in [0.717, 1.165) is 6.42 Å². The van der Waals surface area contributed by atoms with Crippen molar-refractivity contribution in [1.82, 2.24) is 10.6 Å². The van der Waals surface area contributed by atoms with Gasteiger partial charge < -0.3 is 10.6 Å². The molecule has 4 nitrogen and oxygen atoms in total. The molecular formula is C15H30N2O2. The van der Waals surface area contributed by atoms with Crippen molar-refractivity contribution < 1.29 is 9.59 Å². The van der Waals surface area contributed by atoms with Crippen molar-refractivity contribution in [3.05, 3.63) is 0 Å². The van der Waals surface area contributed by atoms with Gasteiger partial charge in [-0.3, -0.25) is 9.59 Å². The average molecular weight is 270 g/mol. The van der Waals surface area contributed by atoms with E-state index in [1.54, 1.807) is 13.8 Å². The summed E-state index contributed by atoms with van der Waals surface area (Å²) in [5, 5.41) is 6.94. The Hall–Kier alpha value is -0.740. The lowest BCUT2D eigenvalue weighted by Crippen LogP contribution is -2.51. The third-order valence-corrected chi connectivity index (χ3v) is 3.28. The highest BCUT2D eigenvalue weighted by atomic mass is 16.1. The lowest BCUT2D eigenvalue weighted by Gasteiger charge is -2.30. The average Bonchev–Trinajstić information content (AvgIpc) is 2.23. The van der Waals surface area contributed by atoms with Crippen LogP contribution in [-0.2, 0) is 9.59 Å². The highest BCUT2D eigenvalue weighted by molar-refractivity contribution is 5.76. The predicted molar refractivity (Wildman–Crippen MR) is 79.3 cm³/mol. The number of ketones is 2. The number of Topliss-reactive ketones (excluding diaryl/α,β-unsaturated/α-hetero) is 2. The topological polar surface area (TPSA) is 58.2 Å². The number of nitrogens with one attached hydrogen (secondary N) is 2. The second-order valence-electron chi connectivity index (χ2n) is 5.75. The van der Waals surface area contributed by atoms with Crippen molar-refractivity contribution in [2.45, 2.75) is 85.0 Å². The summed E-state index contributed by atoms with van der Waals surface area (Å²) in [5.41, 5.74) is 0. The van der Waals surface area contributed by atoms with E-state index < -0.39 is 0 Å². The van der Waals surface area contributed by atoms with Crippen LogP contribution in [0, 0.1) is 0 Å². The van der Waals surface area contributed by atoms with Gasteiger partial charge in [0.15, 0.2) is 0 Å². The zero-order valence-corrected chi connectivity index (χ0v) is 13.2. The normalized spacial score (nSPS) is 17.6. The van der Waals surface area contributed by atoms with Crippen LogP contribution in [0.25, 0.3) is 0 Å². The molecular weight excluding hydrogens is 240 g/mol. The Morgan fingerprint density at radius 1 is 0.895 bits per heavy atom. The fraction of sp³-hybridized carbons (Fsp3) is 0.867. The Labute approximate surface area is 117 Å². The molecule has 0 fully saturated rings. The number of carbonyl (C=O) groups is 2. The molecule has 0 bridgehead atoms. The van der Waals surface area contributed by atoms with Crippen LogP contribution in [-0.4, -0.2) is 35.7 Å². The molecule has 0 aromatic rings. The van der Waals surface area contributed by atoms with Gasteiger partial charge in [0.2, 0.25) is 0 Å². The molecule has 0 heterocycles. The number of hydrogen-bond donors (Lipinski definition) is 2. The first-order valence-corrected chi connectivity index (χ1v) is 7.27. The maximum Gasteiger partial charge on any atom is 0.131 e. The SMILES string of the molecule is CCC(NC(C)CC(C)=O)C(C)NC(C)CC(C)=O. The summed E-state index contributed by atoms with van der Waals surface area (Å²) in [6.45, 7) is 11.6. The lowest BCUT2D eigenvalue weighted by atomic mass is 10.0. The van der Waals surface area contributed by atoms with Crippen LogP contribution in [0.15, 0.2) is 0 Å². The summed E-state index contributed by atoms with van der Waals surface area (Å²) in [4.78, 5) is 22.2. The third kappa shape index (κ3) is 8.89. The summed E-state index contributed by atoms with van der Waals surface area (Å²) in [5.74, 6) is 0.415. The maximum atomic E-state index is 11.1. The molecule has 0 rings (SSSR count). The van der Waals surface area contributed by atoms with E-state index in [1.165, 1.54) is 0 Å². The van der Waals surface area contributed by atoms with E-state index in [9.17, 15) is 9.59 Å². The highest BCUT2D eigenvalue weighted by Crippen LogP contribution is 2.05. The van der Waals surface area contributed by atoms with Crippen LogP contribution >= 0.6 is 0 Å². The van der Waals surface area contributed by atoms with E-state index in [0.29, 0.717) is 18.9 Å². The molecule has 0 aliphatic heterocycles. The van der Waals surface area contributed by atoms with Crippen molar-refractivity contribution >= 4 is 11.6 Å². The Morgan fingerprint density at radius 2 is 1.32 bits per heavy atom. The molecule has 0 aromatic carbocycles. The van der Waals surface area contributed by atoms with Gasteiger partial charge in [-0.05, 0) is 41.0 Å². The minimum atomic E-state index is 0.187. The summed E-state index contributed by atoms with van der Waals surface area (Å²) in [6.07, 6.45) is 2.11. The molecule has 0 radical (unpaired) electrons. The predicted octanol–water partition coefficient (Wildman–Crippen LogP) is 2.07. The summed E-state index contributed by atoms with van der Waals surface area (Å²) < 4.78 is 0. The fourth-order valence-corrected chi connectivity index (χ4v) is 2.53.